The number of Topliss-reactive ketones (excluding diaryl/α,β-unsaturated/α-hetero) is 2. The van der Waals surface area contributed by atoms with E-state index in [0.717, 1.165) is 6.92 Å². The zero-order valence-corrected chi connectivity index (χ0v) is 25.5. The minimum atomic E-state index is -0.784. The molecular weight excluding hydrogens is 474 g/mol. The van der Waals surface area contributed by atoms with Gasteiger partial charge in [-0.1, -0.05) is 20.1 Å². The zero-order valence-electron chi connectivity index (χ0n) is 21.5. The summed E-state index contributed by atoms with van der Waals surface area (Å²) in [6, 6.07) is 0. The topological polar surface area (TPSA) is 176 Å². The SMILES string of the molecule is C.C=O.CCOC(=O)/C(C)=C(\[O-])C(C)=O.CCOC(=O)C(C)=O.CCOC(C)=O.CC[O-].[Na+].[Na+]. The van der Waals surface area contributed by atoms with Crippen molar-refractivity contribution in [3.8, 4) is 0 Å². The minimum Gasteiger partial charge on any atom is -0.870 e. The Kier molecular flexibility index (Phi) is 66.9. The second kappa shape index (κ2) is 42.1. The number of hydrogen-bond acceptors (Lipinski definition) is 11. The molecule has 0 unspecified atom stereocenters. The average Bonchev–Trinajstić information content (AvgIpc) is 2.70. The van der Waals surface area contributed by atoms with E-state index in [4.69, 9.17) is 9.90 Å². The molecule has 0 aliphatic rings. The third-order valence-corrected chi connectivity index (χ3v) is 2.15. The Morgan fingerprint density at radius 3 is 1.12 bits per heavy atom. The first-order valence-corrected chi connectivity index (χ1v) is 9.11. The van der Waals surface area contributed by atoms with Crippen molar-refractivity contribution in [2.75, 3.05) is 26.4 Å². The molecule has 0 saturated heterocycles. The molecule has 0 aliphatic carbocycles. The van der Waals surface area contributed by atoms with Gasteiger partial charge in [-0.25, -0.2) is 9.59 Å². The van der Waals surface area contributed by atoms with Crippen LogP contribution >= 0.6 is 0 Å². The standard InChI is InChI=1S/C8H12O4.C5H8O3.C4H8O2.C2H5O.CH2O.CH4.2Na/c1-4-12-8(11)5(2)7(10)6(3)9;1-3-8-5(7)4(2)6;1-3-6-4(2)5;1-2-3;1-2;;;/h10H,4H2,1-3H3;3H2,1-2H3;3H2,1-2H3;2H2,1H3;1H2;1H4;;/q;;;-1;;;2*+1/p-1/b7-5-;;;;;;;. The van der Waals surface area contributed by atoms with E-state index in [0.29, 0.717) is 6.61 Å². The summed E-state index contributed by atoms with van der Waals surface area (Å²) in [6.07, 6.45) is 0. The number of ether oxygens (including phenoxy) is 3. The molecule has 0 aromatic carbocycles. The molecule has 13 heteroatoms. The maximum atomic E-state index is 10.9. The average molecular weight is 513 g/mol. The smallest absolute Gasteiger partial charge is 0.870 e. The molecule has 0 heterocycles. The van der Waals surface area contributed by atoms with E-state index in [1.54, 1.807) is 27.7 Å². The number of hydrogen-bond donors (Lipinski definition) is 0. The Morgan fingerprint density at radius 2 is 0.971 bits per heavy atom. The third-order valence-electron chi connectivity index (χ3n) is 2.15. The van der Waals surface area contributed by atoms with Crippen LogP contribution in [0.4, 0.5) is 0 Å². The number of rotatable bonds is 6. The molecule has 0 aromatic rings. The Labute approximate surface area is 247 Å². The van der Waals surface area contributed by atoms with Crippen molar-refractivity contribution in [1.29, 1.82) is 0 Å². The van der Waals surface area contributed by atoms with Crippen molar-refractivity contribution in [3.63, 3.8) is 0 Å². The monoisotopic (exact) mass is 512 g/mol. The molecule has 0 rings (SSSR count). The van der Waals surface area contributed by atoms with Crippen molar-refractivity contribution < 1.29 is 112 Å². The van der Waals surface area contributed by atoms with Crippen molar-refractivity contribution in [2.45, 2.75) is 62.8 Å². The largest absolute Gasteiger partial charge is 1.00 e. The van der Waals surface area contributed by atoms with Crippen LogP contribution in [0.1, 0.15) is 62.8 Å². The second-order valence-electron chi connectivity index (χ2n) is 4.72. The van der Waals surface area contributed by atoms with Gasteiger partial charge in [0, 0.05) is 19.4 Å². The molecule has 0 spiro atoms. The molecule has 11 nitrogen and oxygen atoms in total. The van der Waals surface area contributed by atoms with E-state index >= 15 is 0 Å². The van der Waals surface area contributed by atoms with Gasteiger partial charge in [0.15, 0.2) is 0 Å². The van der Waals surface area contributed by atoms with E-state index in [2.05, 4.69) is 14.2 Å². The van der Waals surface area contributed by atoms with Crippen LogP contribution in [0.5, 0.6) is 0 Å². The zero-order chi connectivity index (χ0) is 26.0. The summed E-state index contributed by atoms with van der Waals surface area (Å²) in [4.78, 5) is 59.4. The molecule has 0 radical (unpaired) electrons. The number of esters is 3. The Morgan fingerprint density at radius 1 is 0.676 bits per heavy atom. The van der Waals surface area contributed by atoms with Gasteiger partial charge in [-0.2, -0.15) is 0 Å². The van der Waals surface area contributed by atoms with Crippen molar-refractivity contribution in [2.24, 2.45) is 0 Å². The van der Waals surface area contributed by atoms with E-state index < -0.39 is 29.3 Å². The number of ketones is 2. The van der Waals surface area contributed by atoms with Gasteiger partial charge in [-0.15, -0.1) is 6.61 Å². The van der Waals surface area contributed by atoms with Gasteiger partial charge < -0.3 is 29.2 Å². The van der Waals surface area contributed by atoms with E-state index in [1.807, 2.05) is 6.79 Å². The van der Waals surface area contributed by atoms with Crippen LogP contribution in [-0.2, 0) is 43.0 Å². The molecule has 0 fully saturated rings. The third kappa shape index (κ3) is 48.4. The fourth-order valence-corrected chi connectivity index (χ4v) is 1.03. The van der Waals surface area contributed by atoms with Crippen LogP contribution < -0.4 is 69.3 Å². The van der Waals surface area contributed by atoms with Gasteiger partial charge in [0.2, 0.25) is 5.78 Å². The normalized spacial score (nSPS) is 8.15. The fourth-order valence-electron chi connectivity index (χ4n) is 1.03. The first-order valence-electron chi connectivity index (χ1n) is 9.11. The summed E-state index contributed by atoms with van der Waals surface area (Å²) in [7, 11) is 0. The minimum absolute atomic E-state index is 0. The molecule has 0 saturated carbocycles. The summed E-state index contributed by atoms with van der Waals surface area (Å²) in [6.45, 7) is 14.5. The van der Waals surface area contributed by atoms with Gasteiger partial charge in [-0.3, -0.25) is 14.4 Å². The van der Waals surface area contributed by atoms with E-state index in [1.165, 1.54) is 20.8 Å². The first kappa shape index (κ1) is 54.0. The van der Waals surface area contributed by atoms with Gasteiger partial charge in [0.05, 0.1) is 19.8 Å². The van der Waals surface area contributed by atoms with Crippen molar-refractivity contribution in [1.82, 2.24) is 0 Å². The van der Waals surface area contributed by atoms with Crippen LogP contribution in [0.15, 0.2) is 11.3 Å². The number of carbonyl (C=O) groups excluding carboxylic acids is 6. The number of allylic oxidation sites excluding steroid dienone is 1. The Balaban J connectivity index is -0.0000000452. The molecule has 0 bridgehead atoms. The van der Waals surface area contributed by atoms with Gasteiger partial charge >= 0.3 is 77.0 Å². The maximum absolute atomic E-state index is 10.9. The van der Waals surface area contributed by atoms with Crippen LogP contribution in [0.2, 0.25) is 0 Å². The van der Waals surface area contributed by atoms with E-state index in [9.17, 15) is 29.1 Å². The molecule has 0 aliphatic heterocycles. The van der Waals surface area contributed by atoms with Gasteiger partial charge in [0.1, 0.15) is 12.6 Å². The fraction of sp³-hybridized carbons (Fsp3) is 0.619. The molecule has 34 heavy (non-hydrogen) atoms. The van der Waals surface area contributed by atoms with Crippen LogP contribution in [0, 0.1) is 0 Å². The Bertz CT molecular complexity index is 563. The summed E-state index contributed by atoms with van der Waals surface area (Å²) < 4.78 is 13.2. The quantitative estimate of drug-likeness (QED) is 0.0828. The predicted molar refractivity (Wildman–Crippen MR) is 114 cm³/mol. The predicted octanol–water partition coefficient (Wildman–Crippen LogP) is -5.69. The summed E-state index contributed by atoms with van der Waals surface area (Å²) in [5, 5.41) is 19.8. The van der Waals surface area contributed by atoms with E-state index in [-0.39, 0.29) is 97.9 Å². The Hall–Kier alpha value is -1.08. The molecule has 0 N–H and O–H groups in total. The summed E-state index contributed by atoms with van der Waals surface area (Å²) in [5.74, 6) is -3.68. The summed E-state index contributed by atoms with van der Waals surface area (Å²) >= 11 is 0. The van der Waals surface area contributed by atoms with Crippen molar-refractivity contribution >= 4 is 36.3 Å². The molecule has 0 aromatic heterocycles. The van der Waals surface area contributed by atoms with Crippen LogP contribution in [0.25, 0.3) is 0 Å². The van der Waals surface area contributed by atoms with Gasteiger partial charge in [0.25, 0.3) is 0 Å². The van der Waals surface area contributed by atoms with Crippen molar-refractivity contribution in [3.05, 3.63) is 11.3 Å². The van der Waals surface area contributed by atoms with Crippen LogP contribution in [-0.4, -0.2) is 62.7 Å². The second-order valence-corrected chi connectivity index (χ2v) is 4.72. The number of carbonyl (C=O) groups is 6. The molecular formula is C21H38Na2O11. The first-order chi connectivity index (χ1) is 14.4. The summed E-state index contributed by atoms with van der Waals surface area (Å²) in [5.41, 5.74) is -0.163. The molecule has 0 atom stereocenters. The maximum Gasteiger partial charge on any atom is 1.00 e. The molecule has 0 amide bonds. The molecule has 190 valence electrons. The van der Waals surface area contributed by atoms with Crippen LogP contribution in [0.3, 0.4) is 0 Å². The van der Waals surface area contributed by atoms with Gasteiger partial charge in [-0.05, 0) is 34.6 Å².